The number of para-hydroxylation sites is 2. The molecule has 170 valence electrons. The molecule has 3 fully saturated rings. The highest BCUT2D eigenvalue weighted by atomic mass is 16.9. The molecular weight excluding hydrogens is 408 g/mol. The van der Waals surface area contributed by atoms with E-state index in [1.165, 1.54) is 7.11 Å². The summed E-state index contributed by atoms with van der Waals surface area (Å²) in [5, 5.41) is 5.31. The summed E-state index contributed by atoms with van der Waals surface area (Å²) in [7, 11) is 1.51. The summed E-state index contributed by atoms with van der Waals surface area (Å²) in [5.41, 5.74) is 0.508. The Hall–Kier alpha value is -2.24. The van der Waals surface area contributed by atoms with Gasteiger partial charge in [0.25, 0.3) is 5.91 Å². The first-order valence-corrected chi connectivity index (χ1v) is 10.2. The van der Waals surface area contributed by atoms with Crippen molar-refractivity contribution in [3.63, 3.8) is 0 Å². The van der Waals surface area contributed by atoms with E-state index in [1.54, 1.807) is 52.0 Å². The second kappa shape index (κ2) is 8.03. The number of hydrogen-bond donors (Lipinski definition) is 2. The van der Waals surface area contributed by atoms with Gasteiger partial charge in [-0.25, -0.2) is 0 Å². The van der Waals surface area contributed by atoms with Crippen LogP contribution in [0, 0.1) is 0 Å². The third kappa shape index (κ3) is 4.53. The van der Waals surface area contributed by atoms with Crippen molar-refractivity contribution in [2.45, 2.75) is 70.0 Å². The first kappa shape index (κ1) is 22.0. The zero-order valence-corrected chi connectivity index (χ0v) is 18.2. The smallest absolute Gasteiger partial charge is 0.252 e. The molecule has 3 heterocycles. The molecule has 5 atom stereocenters. The normalized spacial score (nSPS) is 32.6. The molecule has 3 saturated heterocycles. The number of amides is 2. The number of rotatable bonds is 5. The zero-order chi connectivity index (χ0) is 22.4. The Labute approximate surface area is 180 Å². The van der Waals surface area contributed by atoms with Gasteiger partial charge in [0.2, 0.25) is 5.91 Å². The van der Waals surface area contributed by atoms with Crippen LogP contribution in [0.1, 0.15) is 27.7 Å². The fraction of sp³-hybridized carbons (Fsp3) is 0.619. The highest BCUT2D eigenvalue weighted by Crippen LogP contribution is 2.44. The maximum Gasteiger partial charge on any atom is 0.252 e. The van der Waals surface area contributed by atoms with Crippen molar-refractivity contribution in [2.75, 3.05) is 19.0 Å². The fourth-order valence-electron chi connectivity index (χ4n) is 4.03. The Balaban J connectivity index is 1.41. The van der Waals surface area contributed by atoms with Crippen LogP contribution in [-0.4, -0.2) is 67.7 Å². The van der Waals surface area contributed by atoms with Crippen molar-refractivity contribution in [3.8, 4) is 5.75 Å². The van der Waals surface area contributed by atoms with Crippen LogP contribution in [0.2, 0.25) is 0 Å². The Bertz CT molecular complexity index is 858. The van der Waals surface area contributed by atoms with E-state index in [0.717, 1.165) is 0 Å². The fourth-order valence-corrected chi connectivity index (χ4v) is 4.03. The standard InChI is InChI=1S/C21H28N2O8/c1-20(2)28-14-15(29-20)17-19(31-21(3,4)30-17)27-16(14)18(25)22-10-13(24)23-11-8-6-7-9-12(11)26-5/h6-9,14-17,19H,10H2,1-5H3,(H,22,25)(H,23,24)/t14-,15-,16-,17-,19+/m1/s1. The van der Waals surface area contributed by atoms with Crippen LogP contribution in [0.3, 0.4) is 0 Å². The Morgan fingerprint density at radius 2 is 1.61 bits per heavy atom. The first-order valence-electron chi connectivity index (χ1n) is 10.2. The predicted octanol–water partition coefficient (Wildman–Crippen LogP) is 1.15. The molecule has 10 nitrogen and oxygen atoms in total. The van der Waals surface area contributed by atoms with Crippen LogP contribution in [0.15, 0.2) is 24.3 Å². The van der Waals surface area contributed by atoms with Gasteiger partial charge in [0.1, 0.15) is 24.1 Å². The van der Waals surface area contributed by atoms with E-state index in [9.17, 15) is 9.59 Å². The molecule has 4 rings (SSSR count). The van der Waals surface area contributed by atoms with Crippen molar-refractivity contribution in [1.82, 2.24) is 5.32 Å². The monoisotopic (exact) mass is 436 g/mol. The van der Waals surface area contributed by atoms with Crippen molar-refractivity contribution in [1.29, 1.82) is 0 Å². The average molecular weight is 436 g/mol. The quantitative estimate of drug-likeness (QED) is 0.707. The summed E-state index contributed by atoms with van der Waals surface area (Å²) < 4.78 is 34.7. The second-order valence-corrected chi connectivity index (χ2v) is 8.56. The first-order chi connectivity index (χ1) is 14.6. The van der Waals surface area contributed by atoms with Crippen molar-refractivity contribution < 1.29 is 38.0 Å². The lowest BCUT2D eigenvalue weighted by Gasteiger charge is -2.36. The molecule has 10 heteroatoms. The molecule has 0 saturated carbocycles. The summed E-state index contributed by atoms with van der Waals surface area (Å²) in [6.07, 6.45) is -3.59. The molecule has 0 aliphatic carbocycles. The Morgan fingerprint density at radius 1 is 0.968 bits per heavy atom. The Morgan fingerprint density at radius 3 is 2.35 bits per heavy atom. The van der Waals surface area contributed by atoms with Crippen molar-refractivity contribution in [2.24, 2.45) is 0 Å². The third-order valence-electron chi connectivity index (χ3n) is 5.22. The van der Waals surface area contributed by atoms with Gasteiger partial charge in [-0.3, -0.25) is 9.59 Å². The van der Waals surface area contributed by atoms with E-state index < -0.39 is 54.1 Å². The van der Waals surface area contributed by atoms with E-state index in [1.807, 2.05) is 0 Å². The van der Waals surface area contributed by atoms with Crippen LogP contribution in [-0.2, 0) is 33.3 Å². The van der Waals surface area contributed by atoms with E-state index >= 15 is 0 Å². The molecule has 1 aromatic rings. The number of anilines is 1. The molecule has 3 aliphatic rings. The van der Waals surface area contributed by atoms with Gasteiger partial charge in [0.15, 0.2) is 24.0 Å². The molecule has 2 N–H and O–H groups in total. The van der Waals surface area contributed by atoms with Gasteiger partial charge >= 0.3 is 0 Å². The van der Waals surface area contributed by atoms with Gasteiger partial charge in [0.05, 0.1) is 19.3 Å². The molecule has 2 amide bonds. The number of ether oxygens (including phenoxy) is 6. The molecule has 0 spiro atoms. The summed E-state index contributed by atoms with van der Waals surface area (Å²) in [6, 6.07) is 7.00. The van der Waals surface area contributed by atoms with Crippen LogP contribution in [0.25, 0.3) is 0 Å². The summed E-state index contributed by atoms with van der Waals surface area (Å²) in [4.78, 5) is 25.3. The molecule has 3 aliphatic heterocycles. The summed E-state index contributed by atoms with van der Waals surface area (Å²) in [6.45, 7) is 6.80. The molecule has 1 aromatic carbocycles. The molecular formula is C21H28N2O8. The SMILES string of the molecule is COc1ccccc1NC(=O)CNC(=O)[C@@H]1O[C@H]2OC(C)(C)O[C@@H]2[C@@H]2OC(C)(C)O[C@H]21. The lowest BCUT2D eigenvalue weighted by atomic mass is 9.98. The van der Waals surface area contributed by atoms with E-state index in [-0.39, 0.29) is 6.54 Å². The zero-order valence-electron chi connectivity index (χ0n) is 18.2. The largest absolute Gasteiger partial charge is 0.495 e. The maximum absolute atomic E-state index is 12.9. The minimum Gasteiger partial charge on any atom is -0.495 e. The number of methoxy groups -OCH3 is 1. The molecule has 0 bridgehead atoms. The lowest BCUT2D eigenvalue weighted by Crippen LogP contribution is -2.59. The average Bonchev–Trinajstić information content (AvgIpc) is 3.19. The van der Waals surface area contributed by atoms with Gasteiger partial charge in [-0.2, -0.15) is 0 Å². The predicted molar refractivity (Wildman–Crippen MR) is 107 cm³/mol. The van der Waals surface area contributed by atoms with Crippen molar-refractivity contribution in [3.05, 3.63) is 24.3 Å². The van der Waals surface area contributed by atoms with Gasteiger partial charge in [-0.15, -0.1) is 0 Å². The number of hydrogen-bond acceptors (Lipinski definition) is 8. The van der Waals surface area contributed by atoms with Gasteiger partial charge < -0.3 is 39.1 Å². The number of benzene rings is 1. The molecule has 31 heavy (non-hydrogen) atoms. The van der Waals surface area contributed by atoms with E-state index in [4.69, 9.17) is 28.4 Å². The topological polar surface area (TPSA) is 114 Å². The van der Waals surface area contributed by atoms with E-state index in [2.05, 4.69) is 10.6 Å². The highest BCUT2D eigenvalue weighted by molar-refractivity contribution is 5.96. The van der Waals surface area contributed by atoms with Crippen molar-refractivity contribution >= 4 is 17.5 Å². The summed E-state index contributed by atoms with van der Waals surface area (Å²) in [5.74, 6) is -2.18. The molecule has 0 unspecified atom stereocenters. The minimum atomic E-state index is -1.02. The Kier molecular flexibility index (Phi) is 5.69. The van der Waals surface area contributed by atoms with Crippen LogP contribution in [0.4, 0.5) is 5.69 Å². The minimum absolute atomic E-state index is 0.255. The second-order valence-electron chi connectivity index (χ2n) is 8.56. The number of nitrogens with one attached hydrogen (secondary N) is 2. The maximum atomic E-state index is 12.9. The van der Waals surface area contributed by atoms with Gasteiger partial charge in [-0.1, -0.05) is 12.1 Å². The van der Waals surface area contributed by atoms with Crippen LogP contribution in [0.5, 0.6) is 5.75 Å². The third-order valence-corrected chi connectivity index (χ3v) is 5.22. The number of carbonyl (C=O) groups excluding carboxylic acids is 2. The summed E-state index contributed by atoms with van der Waals surface area (Å²) >= 11 is 0. The van der Waals surface area contributed by atoms with Crippen LogP contribution >= 0.6 is 0 Å². The highest BCUT2D eigenvalue weighted by Gasteiger charge is 2.62. The van der Waals surface area contributed by atoms with Gasteiger partial charge in [0, 0.05) is 0 Å². The molecule has 0 aromatic heterocycles. The van der Waals surface area contributed by atoms with Gasteiger partial charge in [-0.05, 0) is 39.8 Å². The van der Waals surface area contributed by atoms with E-state index in [0.29, 0.717) is 11.4 Å². The molecule has 0 radical (unpaired) electrons. The van der Waals surface area contributed by atoms with Crippen LogP contribution < -0.4 is 15.4 Å². The number of carbonyl (C=O) groups is 2. The number of fused-ring (bicyclic) bond motifs is 3. The lowest BCUT2D eigenvalue weighted by molar-refractivity contribution is -0.231.